The van der Waals surface area contributed by atoms with Gasteiger partial charge in [-0.05, 0) is 25.0 Å². The van der Waals surface area contributed by atoms with Crippen LogP contribution in [0.2, 0.25) is 0 Å². The Morgan fingerprint density at radius 3 is 2.27 bits per heavy atom. The number of fused-ring (bicyclic) bond motifs is 1. The minimum atomic E-state index is -5.08. The van der Waals surface area contributed by atoms with Crippen LogP contribution in [0.15, 0.2) is 30.6 Å². The number of halogens is 6. The largest absolute Gasteiger partial charge is 0.490 e. The van der Waals surface area contributed by atoms with E-state index < -0.39 is 29.6 Å². The lowest BCUT2D eigenvalue weighted by molar-refractivity contribution is -0.192. The molecule has 5 rings (SSSR count). The molecule has 3 heterocycles. The molecule has 8 nitrogen and oxygen atoms in total. The molecule has 2 aromatic heterocycles. The first-order valence-corrected chi connectivity index (χ1v) is 11.3. The molecule has 2 N–H and O–H groups in total. The van der Waals surface area contributed by atoms with Gasteiger partial charge in [-0.2, -0.15) is 13.2 Å². The van der Waals surface area contributed by atoms with Crippen molar-refractivity contribution >= 4 is 28.6 Å². The Balaban J connectivity index is 0.000000405. The summed E-state index contributed by atoms with van der Waals surface area (Å²) in [4.78, 5) is 26.8. The number of hydrogen-bond acceptors (Lipinski definition) is 7. The molecule has 1 aliphatic carbocycles. The topological polar surface area (TPSA) is 94.5 Å². The van der Waals surface area contributed by atoms with Crippen LogP contribution in [0.4, 0.5) is 38.0 Å². The quantitative estimate of drug-likeness (QED) is 0.380. The summed E-state index contributed by atoms with van der Waals surface area (Å²) < 4.78 is 72.4. The number of benzene rings is 1. The number of piperazine rings is 1. The number of carboxylic acids is 1. The highest BCUT2D eigenvalue weighted by molar-refractivity contribution is 5.80. The number of carbonyl (C=O) groups is 1. The van der Waals surface area contributed by atoms with Crippen LogP contribution in [-0.2, 0) is 11.3 Å². The summed E-state index contributed by atoms with van der Waals surface area (Å²) in [5.41, 5.74) is 1.69. The normalized spacial score (nSPS) is 16.3. The van der Waals surface area contributed by atoms with Gasteiger partial charge in [0.2, 0.25) is 0 Å². The first-order chi connectivity index (χ1) is 17.5. The number of nitrogens with zero attached hydrogens (tertiary/aromatic N) is 5. The van der Waals surface area contributed by atoms with Gasteiger partial charge in [0.15, 0.2) is 23.3 Å². The summed E-state index contributed by atoms with van der Waals surface area (Å²) >= 11 is 0. The predicted molar refractivity (Wildman–Crippen MR) is 121 cm³/mol. The molecule has 0 radical (unpaired) electrons. The lowest BCUT2D eigenvalue weighted by atomic mass is 10.1. The van der Waals surface area contributed by atoms with Crippen LogP contribution in [0, 0.1) is 17.5 Å². The molecule has 1 saturated carbocycles. The average Bonchev–Trinajstić information content (AvgIpc) is 3.66. The lowest BCUT2D eigenvalue weighted by Gasteiger charge is -2.36. The monoisotopic (exact) mass is 528 g/mol. The van der Waals surface area contributed by atoms with Crippen molar-refractivity contribution < 1.29 is 36.2 Å². The van der Waals surface area contributed by atoms with Gasteiger partial charge in [-0.3, -0.25) is 9.88 Å². The molecule has 0 atom stereocenters. The maximum atomic E-state index is 14.0. The summed E-state index contributed by atoms with van der Waals surface area (Å²) in [6.07, 6.45) is 0.578. The Labute approximate surface area is 206 Å². The van der Waals surface area contributed by atoms with E-state index in [1.165, 1.54) is 0 Å². The van der Waals surface area contributed by atoms with E-state index in [2.05, 4.69) is 15.2 Å². The molecule has 14 heteroatoms. The zero-order valence-corrected chi connectivity index (χ0v) is 19.3. The number of aromatic nitrogens is 3. The van der Waals surface area contributed by atoms with Gasteiger partial charge in [-0.15, -0.1) is 0 Å². The number of anilines is 2. The fourth-order valence-corrected chi connectivity index (χ4v) is 3.68. The number of alkyl halides is 3. The molecule has 1 aliphatic heterocycles. The molecule has 0 amide bonds. The number of nitrogens with one attached hydrogen (secondary N) is 1. The fourth-order valence-electron chi connectivity index (χ4n) is 3.68. The number of carboxylic acid groups (broad SMARTS) is 1. The molecule has 198 valence electrons. The summed E-state index contributed by atoms with van der Waals surface area (Å²) in [6, 6.07) is 3.83. The highest BCUT2D eigenvalue weighted by Crippen LogP contribution is 2.31. The Bertz CT molecular complexity index is 1280. The maximum Gasteiger partial charge on any atom is 0.490 e. The van der Waals surface area contributed by atoms with Crippen molar-refractivity contribution in [1.82, 2.24) is 19.9 Å². The third kappa shape index (κ3) is 6.76. The SMILES string of the molecule is Fc1cc(F)c(CN2CCN(c3nc4cnccc4nc3NC3CC3)CC2)cc1F.O=C(O)C(F)(F)F. The van der Waals surface area contributed by atoms with Crippen LogP contribution in [0.1, 0.15) is 18.4 Å². The highest BCUT2D eigenvalue weighted by atomic mass is 19.4. The van der Waals surface area contributed by atoms with Gasteiger partial charge >= 0.3 is 12.1 Å². The van der Waals surface area contributed by atoms with Gasteiger partial charge in [-0.1, -0.05) is 0 Å². The van der Waals surface area contributed by atoms with E-state index in [-0.39, 0.29) is 12.1 Å². The summed E-state index contributed by atoms with van der Waals surface area (Å²) in [5, 5.41) is 10.6. The molecule has 0 unspecified atom stereocenters. The number of rotatable bonds is 5. The van der Waals surface area contributed by atoms with E-state index >= 15 is 0 Å². The van der Waals surface area contributed by atoms with Crippen molar-refractivity contribution in [3.05, 3.63) is 53.6 Å². The van der Waals surface area contributed by atoms with Crippen molar-refractivity contribution in [1.29, 1.82) is 0 Å². The second-order valence-electron chi connectivity index (χ2n) is 8.60. The molecular weight excluding hydrogens is 506 g/mol. The van der Waals surface area contributed by atoms with Gasteiger partial charge in [-0.25, -0.2) is 27.9 Å². The third-order valence-electron chi connectivity index (χ3n) is 5.76. The zero-order chi connectivity index (χ0) is 26.7. The molecule has 0 bridgehead atoms. The molecule has 3 aromatic rings. The number of pyridine rings is 1. The smallest absolute Gasteiger partial charge is 0.475 e. The fraction of sp³-hybridized carbons (Fsp3) is 0.391. The molecule has 37 heavy (non-hydrogen) atoms. The second-order valence-corrected chi connectivity index (χ2v) is 8.60. The van der Waals surface area contributed by atoms with Crippen LogP contribution in [0.3, 0.4) is 0 Å². The Morgan fingerprint density at radius 2 is 1.65 bits per heavy atom. The Hall–Kier alpha value is -3.68. The molecular formula is C23H22F6N6O2. The zero-order valence-electron chi connectivity index (χ0n) is 19.3. The van der Waals surface area contributed by atoms with E-state index in [1.807, 2.05) is 11.0 Å². The van der Waals surface area contributed by atoms with Crippen LogP contribution >= 0.6 is 0 Å². The molecule has 2 aliphatic rings. The van der Waals surface area contributed by atoms with Crippen LogP contribution in [-0.4, -0.2) is 69.3 Å². The van der Waals surface area contributed by atoms with Crippen molar-refractivity contribution in [3.8, 4) is 0 Å². The summed E-state index contributed by atoms with van der Waals surface area (Å²) in [6.45, 7) is 2.87. The van der Waals surface area contributed by atoms with Crippen molar-refractivity contribution in [2.75, 3.05) is 36.4 Å². The average molecular weight is 528 g/mol. The van der Waals surface area contributed by atoms with Gasteiger partial charge in [0.1, 0.15) is 11.3 Å². The highest BCUT2D eigenvalue weighted by Gasteiger charge is 2.38. The van der Waals surface area contributed by atoms with E-state index in [9.17, 15) is 26.3 Å². The van der Waals surface area contributed by atoms with Gasteiger partial charge in [0, 0.05) is 56.6 Å². The first-order valence-electron chi connectivity index (χ1n) is 11.3. The van der Waals surface area contributed by atoms with Crippen molar-refractivity contribution in [3.63, 3.8) is 0 Å². The Kier molecular flexibility index (Phi) is 7.66. The maximum absolute atomic E-state index is 14.0. The van der Waals surface area contributed by atoms with Crippen molar-refractivity contribution in [2.45, 2.75) is 31.6 Å². The lowest BCUT2D eigenvalue weighted by Crippen LogP contribution is -2.46. The number of aliphatic carboxylic acids is 1. The van der Waals surface area contributed by atoms with Crippen molar-refractivity contribution in [2.24, 2.45) is 0 Å². The van der Waals surface area contributed by atoms with Gasteiger partial charge < -0.3 is 15.3 Å². The van der Waals surface area contributed by atoms with E-state index in [1.54, 1.807) is 12.4 Å². The molecule has 0 spiro atoms. The second kappa shape index (κ2) is 10.7. The minimum Gasteiger partial charge on any atom is -0.475 e. The van der Waals surface area contributed by atoms with E-state index in [4.69, 9.17) is 19.9 Å². The number of hydrogen-bond donors (Lipinski definition) is 2. The van der Waals surface area contributed by atoms with Gasteiger partial charge in [0.25, 0.3) is 0 Å². The minimum absolute atomic E-state index is 0.162. The van der Waals surface area contributed by atoms with Crippen LogP contribution in [0.25, 0.3) is 11.0 Å². The van der Waals surface area contributed by atoms with Crippen LogP contribution < -0.4 is 10.2 Å². The van der Waals surface area contributed by atoms with Gasteiger partial charge in [0.05, 0.1) is 11.7 Å². The summed E-state index contributed by atoms with van der Waals surface area (Å²) in [5.74, 6) is -4.10. The summed E-state index contributed by atoms with van der Waals surface area (Å²) in [7, 11) is 0. The van der Waals surface area contributed by atoms with E-state index in [0.717, 1.165) is 41.6 Å². The first kappa shape index (κ1) is 26.4. The predicted octanol–water partition coefficient (Wildman–Crippen LogP) is 3.97. The Morgan fingerprint density at radius 1 is 1.00 bits per heavy atom. The molecule has 1 saturated heterocycles. The standard InChI is InChI=1S/C21H21F3N6.C2HF3O2/c22-15-10-17(24)16(23)9-13(15)12-29-5-7-30(8-6-29)21-20(26-14-1-2-14)27-18-3-4-25-11-19(18)28-21;3-2(4,5)1(6)7/h3-4,9-11,14H,1-2,5-8,12H2,(H,26,27);(H,6,7). The van der Waals surface area contributed by atoms with E-state index in [0.29, 0.717) is 38.3 Å². The third-order valence-corrected chi connectivity index (χ3v) is 5.76. The van der Waals surface area contributed by atoms with Crippen LogP contribution in [0.5, 0.6) is 0 Å². The molecule has 2 fully saturated rings. The molecule has 1 aromatic carbocycles.